The van der Waals surface area contributed by atoms with Gasteiger partial charge in [0.25, 0.3) is 5.91 Å². The summed E-state index contributed by atoms with van der Waals surface area (Å²) in [5.74, 6) is 0.362. The molecule has 2 rings (SSSR count). The number of amides is 2. The van der Waals surface area contributed by atoms with Crippen molar-refractivity contribution in [1.29, 1.82) is 0 Å². The molecule has 0 atom stereocenters. The first-order valence-corrected chi connectivity index (χ1v) is 9.15. The van der Waals surface area contributed by atoms with Crippen molar-refractivity contribution < 1.29 is 14.3 Å². The van der Waals surface area contributed by atoms with E-state index in [1.54, 1.807) is 24.3 Å². The third kappa shape index (κ3) is 6.77. The van der Waals surface area contributed by atoms with Crippen LogP contribution in [0.25, 0.3) is 0 Å². The highest BCUT2D eigenvalue weighted by atomic mass is 16.5. The maximum absolute atomic E-state index is 12.7. The third-order valence-corrected chi connectivity index (χ3v) is 3.87. The molecule has 2 aromatic carbocycles. The molecule has 0 aliphatic carbocycles. The van der Waals surface area contributed by atoms with Gasteiger partial charge < -0.3 is 15.0 Å². The van der Waals surface area contributed by atoms with Gasteiger partial charge in [0.1, 0.15) is 12.4 Å². The molecular formula is C22H28N2O3. The van der Waals surface area contributed by atoms with Crippen LogP contribution < -0.4 is 10.1 Å². The second-order valence-corrected chi connectivity index (χ2v) is 7.42. The quantitative estimate of drug-likeness (QED) is 0.812. The summed E-state index contributed by atoms with van der Waals surface area (Å²) in [5.41, 5.74) is 1.30. The molecular weight excluding hydrogens is 340 g/mol. The minimum atomic E-state index is -0.322. The Labute approximate surface area is 161 Å². The van der Waals surface area contributed by atoms with E-state index < -0.39 is 0 Å². The van der Waals surface area contributed by atoms with Gasteiger partial charge in [-0.2, -0.15) is 0 Å². The molecule has 0 unspecified atom stereocenters. The average Bonchev–Trinajstić information content (AvgIpc) is 2.64. The SMILES string of the molecule is CCN(CC(=O)NC(C)(C)C)C(=O)c1ccc(OCc2ccccc2)cc1. The molecule has 5 nitrogen and oxygen atoms in total. The number of likely N-dealkylation sites (N-methyl/N-ethyl adjacent to an activating group) is 1. The zero-order chi connectivity index (χ0) is 19.9. The number of ether oxygens (including phenoxy) is 1. The van der Waals surface area contributed by atoms with Crippen LogP contribution in [0.5, 0.6) is 5.75 Å². The van der Waals surface area contributed by atoms with Gasteiger partial charge in [-0.3, -0.25) is 9.59 Å². The number of carbonyl (C=O) groups excluding carboxylic acids is 2. The molecule has 0 aromatic heterocycles. The minimum absolute atomic E-state index is 0.0405. The Morgan fingerprint density at radius 1 is 1.00 bits per heavy atom. The zero-order valence-electron chi connectivity index (χ0n) is 16.5. The van der Waals surface area contributed by atoms with E-state index in [-0.39, 0.29) is 23.9 Å². The Kier molecular flexibility index (Phi) is 6.99. The van der Waals surface area contributed by atoms with Crippen LogP contribution in [0.3, 0.4) is 0 Å². The van der Waals surface area contributed by atoms with Gasteiger partial charge in [-0.25, -0.2) is 0 Å². The Morgan fingerprint density at radius 2 is 1.63 bits per heavy atom. The van der Waals surface area contributed by atoms with Gasteiger partial charge in [-0.1, -0.05) is 30.3 Å². The molecule has 0 saturated heterocycles. The Morgan fingerprint density at radius 3 is 2.19 bits per heavy atom. The standard InChI is InChI=1S/C22H28N2O3/c1-5-24(15-20(25)23-22(2,3)4)21(26)18-11-13-19(14-12-18)27-16-17-9-7-6-8-10-17/h6-14H,5,15-16H2,1-4H3,(H,23,25). The molecule has 0 bridgehead atoms. The fourth-order valence-corrected chi connectivity index (χ4v) is 2.58. The lowest BCUT2D eigenvalue weighted by molar-refractivity contribution is -0.123. The monoisotopic (exact) mass is 368 g/mol. The Bertz CT molecular complexity index is 749. The van der Waals surface area contributed by atoms with E-state index in [0.717, 1.165) is 5.56 Å². The van der Waals surface area contributed by atoms with Crippen molar-refractivity contribution in [3.05, 3.63) is 65.7 Å². The largest absolute Gasteiger partial charge is 0.489 e. The summed E-state index contributed by atoms with van der Waals surface area (Å²) < 4.78 is 5.74. The highest BCUT2D eigenvalue weighted by molar-refractivity contribution is 5.96. The molecule has 0 spiro atoms. The van der Waals surface area contributed by atoms with E-state index in [0.29, 0.717) is 24.5 Å². The fourth-order valence-electron chi connectivity index (χ4n) is 2.58. The summed E-state index contributed by atoms with van der Waals surface area (Å²) in [5, 5.41) is 2.88. The van der Waals surface area contributed by atoms with Crippen LogP contribution in [0.1, 0.15) is 43.6 Å². The van der Waals surface area contributed by atoms with Gasteiger partial charge in [-0.05, 0) is 57.5 Å². The van der Waals surface area contributed by atoms with E-state index in [1.807, 2.05) is 58.0 Å². The lowest BCUT2D eigenvalue weighted by Crippen LogP contribution is -2.47. The highest BCUT2D eigenvalue weighted by Gasteiger charge is 2.20. The second kappa shape index (κ2) is 9.21. The average molecular weight is 368 g/mol. The number of hydrogen-bond acceptors (Lipinski definition) is 3. The normalized spacial score (nSPS) is 11.0. The molecule has 0 aliphatic rings. The summed E-state index contributed by atoms with van der Waals surface area (Å²) in [4.78, 5) is 26.3. The Hall–Kier alpha value is -2.82. The molecule has 2 aromatic rings. The zero-order valence-corrected chi connectivity index (χ0v) is 16.5. The third-order valence-electron chi connectivity index (χ3n) is 3.87. The van der Waals surface area contributed by atoms with Crippen LogP contribution in [0.2, 0.25) is 0 Å². The van der Waals surface area contributed by atoms with Crippen LogP contribution >= 0.6 is 0 Å². The van der Waals surface area contributed by atoms with Crippen LogP contribution in [-0.2, 0) is 11.4 Å². The van der Waals surface area contributed by atoms with Gasteiger partial charge in [0.2, 0.25) is 5.91 Å². The predicted octanol–water partition coefficient (Wildman–Crippen LogP) is 3.64. The van der Waals surface area contributed by atoms with Crippen LogP contribution in [0.15, 0.2) is 54.6 Å². The summed E-state index contributed by atoms with van der Waals surface area (Å²) in [7, 11) is 0. The number of benzene rings is 2. The smallest absolute Gasteiger partial charge is 0.254 e. The van der Waals surface area contributed by atoms with E-state index in [1.165, 1.54) is 4.90 Å². The fraction of sp³-hybridized carbons (Fsp3) is 0.364. The number of nitrogens with zero attached hydrogens (tertiary/aromatic N) is 1. The molecule has 5 heteroatoms. The summed E-state index contributed by atoms with van der Waals surface area (Å²) >= 11 is 0. The van der Waals surface area contributed by atoms with Crippen LogP contribution in [0.4, 0.5) is 0 Å². The van der Waals surface area contributed by atoms with E-state index >= 15 is 0 Å². The highest BCUT2D eigenvalue weighted by Crippen LogP contribution is 2.15. The van der Waals surface area contributed by atoms with Crippen LogP contribution in [-0.4, -0.2) is 35.3 Å². The second-order valence-electron chi connectivity index (χ2n) is 7.42. The lowest BCUT2D eigenvalue weighted by Gasteiger charge is -2.25. The van der Waals surface area contributed by atoms with E-state index in [9.17, 15) is 9.59 Å². The Balaban J connectivity index is 1.95. The summed E-state index contributed by atoms with van der Waals surface area (Å²) in [6.07, 6.45) is 0. The molecule has 27 heavy (non-hydrogen) atoms. The van der Waals surface area contributed by atoms with Crippen molar-refractivity contribution in [2.24, 2.45) is 0 Å². The molecule has 0 heterocycles. The van der Waals surface area contributed by atoms with E-state index in [4.69, 9.17) is 4.74 Å². The van der Waals surface area contributed by atoms with Crippen molar-refractivity contribution in [3.63, 3.8) is 0 Å². The molecule has 0 radical (unpaired) electrons. The first-order chi connectivity index (χ1) is 12.8. The first-order valence-electron chi connectivity index (χ1n) is 9.15. The lowest BCUT2D eigenvalue weighted by atomic mass is 10.1. The van der Waals surface area contributed by atoms with Crippen LogP contribution in [0, 0.1) is 0 Å². The number of rotatable bonds is 7. The number of nitrogens with one attached hydrogen (secondary N) is 1. The van der Waals surface area contributed by atoms with Crippen molar-refractivity contribution in [3.8, 4) is 5.75 Å². The summed E-state index contributed by atoms with van der Waals surface area (Å²) in [6.45, 7) is 8.58. The topological polar surface area (TPSA) is 58.6 Å². The minimum Gasteiger partial charge on any atom is -0.489 e. The maximum Gasteiger partial charge on any atom is 0.254 e. The van der Waals surface area contributed by atoms with Gasteiger partial charge in [0.15, 0.2) is 0 Å². The van der Waals surface area contributed by atoms with E-state index in [2.05, 4.69) is 5.32 Å². The maximum atomic E-state index is 12.7. The van der Waals surface area contributed by atoms with Gasteiger partial charge in [0.05, 0.1) is 6.54 Å². The molecule has 144 valence electrons. The molecule has 0 fully saturated rings. The van der Waals surface area contributed by atoms with Crippen molar-refractivity contribution in [1.82, 2.24) is 10.2 Å². The van der Waals surface area contributed by atoms with Crippen molar-refractivity contribution in [2.75, 3.05) is 13.1 Å². The predicted molar refractivity (Wildman–Crippen MR) is 107 cm³/mol. The molecule has 2 amide bonds. The van der Waals surface area contributed by atoms with Gasteiger partial charge in [0, 0.05) is 17.6 Å². The van der Waals surface area contributed by atoms with Gasteiger partial charge >= 0.3 is 0 Å². The first kappa shape index (κ1) is 20.5. The van der Waals surface area contributed by atoms with Crippen molar-refractivity contribution in [2.45, 2.75) is 39.8 Å². The molecule has 1 N–H and O–H groups in total. The number of hydrogen-bond donors (Lipinski definition) is 1. The number of carbonyl (C=O) groups is 2. The molecule has 0 aliphatic heterocycles. The summed E-state index contributed by atoms with van der Waals surface area (Å²) in [6, 6.07) is 16.9. The van der Waals surface area contributed by atoms with Crippen molar-refractivity contribution >= 4 is 11.8 Å². The molecule has 0 saturated carbocycles. The van der Waals surface area contributed by atoms with Gasteiger partial charge in [-0.15, -0.1) is 0 Å².